The summed E-state index contributed by atoms with van der Waals surface area (Å²) in [6.45, 7) is 18.3. The lowest BCUT2D eigenvalue weighted by molar-refractivity contribution is 0.569. The highest BCUT2D eigenvalue weighted by molar-refractivity contribution is 5.78. The fourth-order valence-electron chi connectivity index (χ4n) is 3.67. The Morgan fingerprint density at radius 2 is 1.28 bits per heavy atom. The summed E-state index contributed by atoms with van der Waals surface area (Å²) in [5.74, 6) is 0. The molecular formula is C25H32. The molecule has 2 aromatic rings. The van der Waals surface area contributed by atoms with Gasteiger partial charge in [-0.2, -0.15) is 0 Å². The Kier molecular flexibility index (Phi) is 4.22. The van der Waals surface area contributed by atoms with Gasteiger partial charge in [0.1, 0.15) is 0 Å². The van der Waals surface area contributed by atoms with E-state index in [2.05, 4.69) is 91.8 Å². The predicted octanol–water partition coefficient (Wildman–Crippen LogP) is 7.22. The van der Waals surface area contributed by atoms with Crippen LogP contribution in [-0.2, 0) is 17.3 Å². The van der Waals surface area contributed by atoms with E-state index in [4.69, 9.17) is 0 Å². The molecule has 1 aliphatic rings. The number of fused-ring (bicyclic) bond motifs is 1. The minimum absolute atomic E-state index is 0.150. The third kappa shape index (κ3) is 3.59. The first-order valence-electron chi connectivity index (χ1n) is 9.42. The van der Waals surface area contributed by atoms with Gasteiger partial charge in [-0.1, -0.05) is 83.5 Å². The van der Waals surface area contributed by atoms with E-state index in [0.717, 1.165) is 6.42 Å². The SMILES string of the molecule is CC1=Cc2cc(C)cc(-c3cc(C(C)(C)C)cc(C(C)(C)C)c3)c2C1. The van der Waals surface area contributed by atoms with Crippen molar-refractivity contribution in [2.45, 2.75) is 72.6 Å². The van der Waals surface area contributed by atoms with E-state index in [0.29, 0.717) is 0 Å². The van der Waals surface area contributed by atoms with Crippen molar-refractivity contribution < 1.29 is 0 Å². The average Bonchev–Trinajstić information content (AvgIpc) is 2.84. The Labute approximate surface area is 154 Å². The highest BCUT2D eigenvalue weighted by atomic mass is 14.3. The summed E-state index contributed by atoms with van der Waals surface area (Å²) >= 11 is 0. The van der Waals surface area contributed by atoms with Gasteiger partial charge in [0.15, 0.2) is 0 Å². The number of aryl methyl sites for hydroxylation is 1. The second kappa shape index (κ2) is 5.87. The third-order valence-corrected chi connectivity index (χ3v) is 5.26. The van der Waals surface area contributed by atoms with Crippen LogP contribution in [0.1, 0.15) is 76.3 Å². The molecule has 0 N–H and O–H groups in total. The highest BCUT2D eigenvalue weighted by Gasteiger charge is 2.23. The van der Waals surface area contributed by atoms with Gasteiger partial charge < -0.3 is 0 Å². The predicted molar refractivity (Wildman–Crippen MR) is 111 cm³/mol. The van der Waals surface area contributed by atoms with Crippen molar-refractivity contribution in [2.24, 2.45) is 0 Å². The number of hydrogen-bond donors (Lipinski definition) is 0. The molecule has 0 saturated heterocycles. The topological polar surface area (TPSA) is 0 Å². The molecule has 25 heavy (non-hydrogen) atoms. The zero-order valence-electron chi connectivity index (χ0n) is 17.2. The molecule has 3 rings (SSSR count). The number of allylic oxidation sites excluding steroid dienone is 1. The van der Waals surface area contributed by atoms with Crippen LogP contribution in [0.4, 0.5) is 0 Å². The largest absolute Gasteiger partial charge is 0.0683 e. The van der Waals surface area contributed by atoms with Crippen LogP contribution in [0.25, 0.3) is 17.2 Å². The van der Waals surface area contributed by atoms with Crippen LogP contribution in [0.5, 0.6) is 0 Å². The molecular weight excluding hydrogens is 300 g/mol. The molecule has 0 bridgehead atoms. The summed E-state index contributed by atoms with van der Waals surface area (Å²) in [5, 5.41) is 0. The zero-order chi connectivity index (χ0) is 18.6. The molecule has 0 nitrogen and oxygen atoms in total. The Balaban J connectivity index is 2.26. The summed E-state index contributed by atoms with van der Waals surface area (Å²) in [4.78, 5) is 0. The Morgan fingerprint density at radius 3 is 1.80 bits per heavy atom. The zero-order valence-corrected chi connectivity index (χ0v) is 17.2. The molecule has 0 heterocycles. The van der Waals surface area contributed by atoms with Crippen molar-refractivity contribution in [2.75, 3.05) is 0 Å². The molecule has 0 unspecified atom stereocenters. The van der Waals surface area contributed by atoms with E-state index in [9.17, 15) is 0 Å². The van der Waals surface area contributed by atoms with Gasteiger partial charge in [0.25, 0.3) is 0 Å². The lowest BCUT2D eigenvalue weighted by Gasteiger charge is -2.27. The summed E-state index contributed by atoms with van der Waals surface area (Å²) < 4.78 is 0. The fraction of sp³-hybridized carbons (Fsp3) is 0.440. The lowest BCUT2D eigenvalue weighted by atomic mass is 9.78. The molecule has 0 aliphatic heterocycles. The summed E-state index contributed by atoms with van der Waals surface area (Å²) in [7, 11) is 0. The molecule has 132 valence electrons. The molecule has 2 aromatic carbocycles. The molecule has 0 amide bonds. The summed E-state index contributed by atoms with van der Waals surface area (Å²) in [5.41, 5.74) is 11.7. The second-order valence-corrected chi connectivity index (χ2v) is 9.85. The smallest absolute Gasteiger partial charge is 0.00544 e. The maximum absolute atomic E-state index is 2.41. The monoisotopic (exact) mass is 332 g/mol. The van der Waals surface area contributed by atoms with Crippen LogP contribution in [-0.4, -0.2) is 0 Å². The van der Waals surface area contributed by atoms with E-state index < -0.39 is 0 Å². The van der Waals surface area contributed by atoms with Gasteiger partial charge >= 0.3 is 0 Å². The Bertz CT molecular complexity index is 817. The molecule has 0 radical (unpaired) electrons. The van der Waals surface area contributed by atoms with E-state index in [1.165, 1.54) is 44.5 Å². The molecule has 0 atom stereocenters. The standard InChI is InChI=1S/C25H32/c1-16-9-18-10-17(2)12-23(22(18)11-16)19-13-20(24(3,4)5)15-21(14-19)25(6,7)8/h9-10,12-15H,11H2,1-8H3. The van der Waals surface area contributed by atoms with Crippen LogP contribution in [0.15, 0.2) is 35.9 Å². The number of hydrogen-bond acceptors (Lipinski definition) is 0. The quantitative estimate of drug-likeness (QED) is 0.517. The van der Waals surface area contributed by atoms with Gasteiger partial charge in [-0.25, -0.2) is 0 Å². The van der Waals surface area contributed by atoms with E-state index in [-0.39, 0.29) is 10.8 Å². The van der Waals surface area contributed by atoms with Crippen LogP contribution in [0.3, 0.4) is 0 Å². The molecule has 1 aliphatic carbocycles. The van der Waals surface area contributed by atoms with E-state index in [1.54, 1.807) is 0 Å². The van der Waals surface area contributed by atoms with Gasteiger partial charge in [-0.05, 0) is 70.0 Å². The summed E-state index contributed by atoms with van der Waals surface area (Å²) in [6, 6.07) is 11.9. The van der Waals surface area contributed by atoms with Crippen molar-refractivity contribution in [3.8, 4) is 11.1 Å². The highest BCUT2D eigenvalue weighted by Crippen LogP contribution is 2.39. The number of benzene rings is 2. The van der Waals surface area contributed by atoms with Gasteiger partial charge in [0.2, 0.25) is 0 Å². The minimum atomic E-state index is 0.150. The second-order valence-electron chi connectivity index (χ2n) is 9.85. The van der Waals surface area contributed by atoms with E-state index in [1.807, 2.05) is 0 Å². The first-order chi connectivity index (χ1) is 11.4. The fourth-order valence-corrected chi connectivity index (χ4v) is 3.67. The third-order valence-electron chi connectivity index (χ3n) is 5.26. The van der Waals surface area contributed by atoms with Gasteiger partial charge in [0.05, 0.1) is 0 Å². The van der Waals surface area contributed by atoms with Gasteiger partial charge in [-0.3, -0.25) is 0 Å². The molecule has 0 fully saturated rings. The summed E-state index contributed by atoms with van der Waals surface area (Å²) in [6.07, 6.45) is 3.43. The van der Waals surface area contributed by atoms with Crippen molar-refractivity contribution in [1.82, 2.24) is 0 Å². The molecule has 0 heteroatoms. The lowest BCUT2D eigenvalue weighted by Crippen LogP contribution is -2.16. The van der Waals surface area contributed by atoms with Gasteiger partial charge in [0, 0.05) is 0 Å². The Morgan fingerprint density at radius 1 is 0.720 bits per heavy atom. The van der Waals surface area contributed by atoms with E-state index >= 15 is 0 Å². The molecule has 0 saturated carbocycles. The van der Waals surface area contributed by atoms with Crippen LogP contribution in [0.2, 0.25) is 0 Å². The first-order valence-corrected chi connectivity index (χ1v) is 9.42. The Hall–Kier alpha value is -1.82. The van der Waals surface area contributed by atoms with Crippen molar-refractivity contribution in [3.63, 3.8) is 0 Å². The van der Waals surface area contributed by atoms with Crippen LogP contribution < -0.4 is 0 Å². The van der Waals surface area contributed by atoms with Crippen molar-refractivity contribution >= 4 is 6.08 Å². The first kappa shape index (κ1) is 18.0. The number of rotatable bonds is 1. The van der Waals surface area contributed by atoms with Crippen LogP contribution in [0, 0.1) is 6.92 Å². The van der Waals surface area contributed by atoms with Crippen molar-refractivity contribution in [3.05, 3.63) is 63.7 Å². The normalized spacial score (nSPS) is 14.5. The molecule has 0 spiro atoms. The maximum Gasteiger partial charge on any atom is -0.00544 e. The maximum atomic E-state index is 2.41. The van der Waals surface area contributed by atoms with Crippen LogP contribution >= 0.6 is 0 Å². The van der Waals surface area contributed by atoms with Gasteiger partial charge in [-0.15, -0.1) is 0 Å². The minimum Gasteiger partial charge on any atom is -0.0683 e. The molecule has 0 aromatic heterocycles. The average molecular weight is 333 g/mol. The van der Waals surface area contributed by atoms with Crippen molar-refractivity contribution in [1.29, 1.82) is 0 Å².